The summed E-state index contributed by atoms with van der Waals surface area (Å²) < 4.78 is 33.3. The van der Waals surface area contributed by atoms with E-state index in [1.54, 1.807) is 6.07 Å². The molecule has 112 valence electrons. The van der Waals surface area contributed by atoms with Crippen molar-refractivity contribution in [2.24, 2.45) is 0 Å². The molecule has 0 unspecified atom stereocenters. The van der Waals surface area contributed by atoms with E-state index in [0.717, 1.165) is 25.3 Å². The van der Waals surface area contributed by atoms with Crippen molar-refractivity contribution in [2.45, 2.75) is 26.2 Å². The van der Waals surface area contributed by atoms with Gasteiger partial charge in [0, 0.05) is 23.3 Å². The predicted octanol–water partition coefficient (Wildman–Crippen LogP) is 4.91. The quantitative estimate of drug-likeness (QED) is 0.767. The van der Waals surface area contributed by atoms with E-state index >= 15 is 0 Å². The van der Waals surface area contributed by atoms with Crippen LogP contribution in [0.4, 0.5) is 8.78 Å². The third kappa shape index (κ3) is 3.94. The van der Waals surface area contributed by atoms with Crippen LogP contribution >= 0.6 is 0 Å². The normalized spacial score (nSPS) is 10.6. The number of rotatable bonds is 6. The third-order valence-corrected chi connectivity index (χ3v) is 3.20. The minimum absolute atomic E-state index is 0.114. The molecule has 0 aliphatic rings. The molecule has 0 atom stereocenters. The molecule has 0 aliphatic heterocycles. The Bertz CT molecular complexity index is 612. The molecule has 0 bridgehead atoms. The van der Waals surface area contributed by atoms with Crippen LogP contribution in [0.25, 0.3) is 11.1 Å². The summed E-state index contributed by atoms with van der Waals surface area (Å²) in [6, 6.07) is 8.01. The highest BCUT2D eigenvalue weighted by molar-refractivity contribution is 5.66. The van der Waals surface area contributed by atoms with Gasteiger partial charge in [0.15, 0.2) is 0 Å². The van der Waals surface area contributed by atoms with Crippen LogP contribution in [-0.4, -0.2) is 11.7 Å². The molecule has 0 radical (unpaired) electrons. The molecule has 0 aromatic heterocycles. The average Bonchev–Trinajstić information content (AvgIpc) is 2.45. The molecule has 2 aromatic rings. The summed E-state index contributed by atoms with van der Waals surface area (Å²) in [6.07, 6.45) is 3.09. The maximum Gasteiger partial charge on any atom is 0.134 e. The van der Waals surface area contributed by atoms with Gasteiger partial charge in [-0.05, 0) is 30.7 Å². The topological polar surface area (TPSA) is 29.5 Å². The summed E-state index contributed by atoms with van der Waals surface area (Å²) in [7, 11) is 0. The molecule has 4 heteroatoms. The predicted molar refractivity (Wildman–Crippen MR) is 78.5 cm³/mol. The fraction of sp³-hybridized carbons (Fsp3) is 0.294. The first-order valence-corrected chi connectivity index (χ1v) is 7.03. The number of aromatic hydroxyl groups is 1. The second kappa shape index (κ2) is 7.07. The van der Waals surface area contributed by atoms with Crippen molar-refractivity contribution < 1.29 is 18.6 Å². The van der Waals surface area contributed by atoms with Gasteiger partial charge in [-0.2, -0.15) is 0 Å². The average molecular weight is 292 g/mol. The number of ether oxygens (including phenoxy) is 1. The fourth-order valence-corrected chi connectivity index (χ4v) is 2.07. The molecule has 0 fully saturated rings. The molecule has 0 aliphatic carbocycles. The van der Waals surface area contributed by atoms with Crippen LogP contribution in [0.1, 0.15) is 26.2 Å². The van der Waals surface area contributed by atoms with Crippen LogP contribution in [0.2, 0.25) is 0 Å². The number of halogens is 2. The Hall–Kier alpha value is -2.10. The Kier molecular flexibility index (Phi) is 5.14. The van der Waals surface area contributed by atoms with Gasteiger partial charge in [0.2, 0.25) is 0 Å². The van der Waals surface area contributed by atoms with Gasteiger partial charge < -0.3 is 9.84 Å². The summed E-state index contributed by atoms with van der Waals surface area (Å²) >= 11 is 0. The first kappa shape index (κ1) is 15.3. The Balaban J connectivity index is 2.15. The standard InChI is InChI=1S/C17H18F2O2/c1-2-3-4-9-21-13-6-8-15(17(19)11-13)14-7-5-12(20)10-16(14)18/h5-8,10-11,20H,2-4,9H2,1H3. The summed E-state index contributed by atoms with van der Waals surface area (Å²) in [5.41, 5.74) is 0.260. The zero-order chi connectivity index (χ0) is 15.2. The number of benzene rings is 2. The fourth-order valence-electron chi connectivity index (χ4n) is 2.07. The lowest BCUT2D eigenvalue weighted by atomic mass is 10.0. The maximum atomic E-state index is 14.1. The van der Waals surface area contributed by atoms with E-state index in [1.165, 1.54) is 24.3 Å². The van der Waals surface area contributed by atoms with Crippen LogP contribution in [0, 0.1) is 11.6 Å². The zero-order valence-electron chi connectivity index (χ0n) is 11.9. The SMILES string of the molecule is CCCCCOc1ccc(-c2ccc(O)cc2F)c(F)c1. The highest BCUT2D eigenvalue weighted by atomic mass is 19.1. The van der Waals surface area contributed by atoms with Gasteiger partial charge in [-0.3, -0.25) is 0 Å². The van der Waals surface area contributed by atoms with Crippen molar-refractivity contribution in [3.63, 3.8) is 0 Å². The summed E-state index contributed by atoms with van der Waals surface area (Å²) in [6.45, 7) is 2.64. The Morgan fingerprint density at radius 1 is 0.952 bits per heavy atom. The molecule has 0 saturated heterocycles. The molecule has 0 spiro atoms. The lowest BCUT2D eigenvalue weighted by Crippen LogP contribution is -1.98. The molecule has 0 saturated carbocycles. The van der Waals surface area contributed by atoms with Gasteiger partial charge in [-0.25, -0.2) is 8.78 Å². The van der Waals surface area contributed by atoms with Gasteiger partial charge in [0.25, 0.3) is 0 Å². The lowest BCUT2D eigenvalue weighted by molar-refractivity contribution is 0.305. The highest BCUT2D eigenvalue weighted by Crippen LogP contribution is 2.30. The number of hydrogen-bond acceptors (Lipinski definition) is 2. The molecule has 0 amide bonds. The minimum atomic E-state index is -0.662. The van der Waals surface area contributed by atoms with E-state index in [1.807, 2.05) is 0 Å². The first-order valence-electron chi connectivity index (χ1n) is 7.03. The van der Waals surface area contributed by atoms with E-state index in [0.29, 0.717) is 12.4 Å². The summed E-state index contributed by atoms with van der Waals surface area (Å²) in [5.74, 6) is -0.961. The van der Waals surface area contributed by atoms with Gasteiger partial charge in [0.05, 0.1) is 6.61 Å². The smallest absolute Gasteiger partial charge is 0.134 e. The highest BCUT2D eigenvalue weighted by Gasteiger charge is 2.11. The molecule has 21 heavy (non-hydrogen) atoms. The van der Waals surface area contributed by atoms with Crippen LogP contribution < -0.4 is 4.74 Å². The maximum absolute atomic E-state index is 14.1. The van der Waals surface area contributed by atoms with Crippen molar-refractivity contribution in [1.82, 2.24) is 0 Å². The number of phenolic OH excluding ortho intramolecular Hbond substituents is 1. The Labute approximate surface area is 123 Å². The van der Waals surface area contributed by atoms with Crippen molar-refractivity contribution >= 4 is 0 Å². The van der Waals surface area contributed by atoms with Crippen molar-refractivity contribution in [1.29, 1.82) is 0 Å². The lowest BCUT2D eigenvalue weighted by Gasteiger charge is -2.09. The van der Waals surface area contributed by atoms with Crippen LogP contribution in [0.3, 0.4) is 0 Å². The Morgan fingerprint density at radius 2 is 1.62 bits per heavy atom. The monoisotopic (exact) mass is 292 g/mol. The van der Waals surface area contributed by atoms with E-state index in [9.17, 15) is 13.9 Å². The van der Waals surface area contributed by atoms with Crippen LogP contribution in [-0.2, 0) is 0 Å². The van der Waals surface area contributed by atoms with Crippen molar-refractivity contribution in [3.05, 3.63) is 48.0 Å². The van der Waals surface area contributed by atoms with Crippen LogP contribution in [0.5, 0.6) is 11.5 Å². The van der Waals surface area contributed by atoms with Crippen molar-refractivity contribution in [2.75, 3.05) is 6.61 Å². The van der Waals surface area contributed by atoms with E-state index in [4.69, 9.17) is 4.74 Å². The van der Waals surface area contributed by atoms with Gasteiger partial charge in [0.1, 0.15) is 23.1 Å². The molecule has 0 heterocycles. The first-order chi connectivity index (χ1) is 10.1. The molecular formula is C17H18F2O2. The second-order valence-electron chi connectivity index (χ2n) is 4.86. The van der Waals surface area contributed by atoms with E-state index < -0.39 is 11.6 Å². The molecule has 1 N–H and O–H groups in total. The largest absolute Gasteiger partial charge is 0.508 e. The zero-order valence-corrected chi connectivity index (χ0v) is 11.9. The number of unbranched alkanes of at least 4 members (excludes halogenated alkanes) is 2. The van der Waals surface area contributed by atoms with Gasteiger partial charge in [-0.1, -0.05) is 19.8 Å². The van der Waals surface area contributed by atoms with Gasteiger partial charge >= 0.3 is 0 Å². The van der Waals surface area contributed by atoms with E-state index in [2.05, 4.69) is 6.92 Å². The Morgan fingerprint density at radius 3 is 2.24 bits per heavy atom. The minimum Gasteiger partial charge on any atom is -0.508 e. The van der Waals surface area contributed by atoms with E-state index in [-0.39, 0.29) is 16.9 Å². The number of hydrogen-bond donors (Lipinski definition) is 1. The van der Waals surface area contributed by atoms with Crippen LogP contribution in [0.15, 0.2) is 36.4 Å². The molecular weight excluding hydrogens is 274 g/mol. The molecule has 2 aromatic carbocycles. The third-order valence-electron chi connectivity index (χ3n) is 3.20. The van der Waals surface area contributed by atoms with Gasteiger partial charge in [-0.15, -0.1) is 0 Å². The molecule has 2 nitrogen and oxygen atoms in total. The summed E-state index contributed by atoms with van der Waals surface area (Å²) in [5, 5.41) is 9.18. The molecule has 2 rings (SSSR count). The van der Waals surface area contributed by atoms with Crippen molar-refractivity contribution in [3.8, 4) is 22.6 Å². The number of phenols is 1. The summed E-state index contributed by atoms with van der Waals surface area (Å²) in [4.78, 5) is 0. The second-order valence-corrected chi connectivity index (χ2v) is 4.86.